The molecule has 32 heavy (non-hydrogen) atoms. The van der Waals surface area contributed by atoms with Crippen LogP contribution in [0.2, 0.25) is 0 Å². The Bertz CT molecular complexity index is 599. The molecule has 0 aromatic rings. The minimum absolute atomic E-state index is 0.252. The van der Waals surface area contributed by atoms with Crippen molar-refractivity contribution in [3.05, 3.63) is 0 Å². The molecule has 0 radical (unpaired) electrons. The van der Waals surface area contributed by atoms with Crippen molar-refractivity contribution in [3.8, 4) is 0 Å². The minimum Gasteiger partial charge on any atom is -0.480 e. The lowest BCUT2D eigenvalue weighted by Crippen LogP contribution is -2.57. The van der Waals surface area contributed by atoms with Gasteiger partial charge in [-0.3, -0.25) is 14.4 Å². The van der Waals surface area contributed by atoms with E-state index in [0.717, 1.165) is 0 Å². The van der Waals surface area contributed by atoms with Gasteiger partial charge in [0.2, 0.25) is 17.7 Å². The lowest BCUT2D eigenvalue weighted by Gasteiger charge is -2.25. The lowest BCUT2D eigenvalue weighted by molar-refractivity contribution is -0.142. The second kappa shape index (κ2) is 18.0. The zero-order chi connectivity index (χ0) is 24.5. The second-order valence-corrected chi connectivity index (χ2v) is 9.13. The predicted molar refractivity (Wildman–Crippen MR) is 127 cm³/mol. The molecular formula is C19H37N5O6S2. The first-order valence-electron chi connectivity index (χ1n) is 10.4. The minimum atomic E-state index is -1.18. The van der Waals surface area contributed by atoms with Crippen LogP contribution in [0.4, 0.5) is 0 Å². The summed E-state index contributed by atoms with van der Waals surface area (Å²) in [4.78, 5) is 49.2. The Labute approximate surface area is 197 Å². The first-order valence-corrected chi connectivity index (χ1v) is 13.2. The van der Waals surface area contributed by atoms with Gasteiger partial charge in [-0.05, 0) is 62.7 Å². The van der Waals surface area contributed by atoms with E-state index in [0.29, 0.717) is 30.9 Å². The number of hydrogen-bond donors (Lipinski definition) is 7. The normalized spacial score (nSPS) is 14.7. The Balaban J connectivity index is 5.35. The van der Waals surface area contributed by atoms with Crippen LogP contribution in [0.1, 0.15) is 32.1 Å². The quantitative estimate of drug-likeness (QED) is 0.110. The highest BCUT2D eigenvalue weighted by Crippen LogP contribution is 2.07. The van der Waals surface area contributed by atoms with Gasteiger partial charge in [0.25, 0.3) is 0 Å². The van der Waals surface area contributed by atoms with E-state index >= 15 is 0 Å². The number of carboxylic acid groups (broad SMARTS) is 1. The van der Waals surface area contributed by atoms with Crippen LogP contribution < -0.4 is 27.4 Å². The van der Waals surface area contributed by atoms with Gasteiger partial charge in [-0.25, -0.2) is 4.79 Å². The first-order chi connectivity index (χ1) is 15.2. The Morgan fingerprint density at radius 2 is 1.28 bits per heavy atom. The Morgan fingerprint density at radius 1 is 0.812 bits per heavy atom. The van der Waals surface area contributed by atoms with Gasteiger partial charge in [0.1, 0.15) is 24.2 Å². The molecule has 0 aliphatic heterocycles. The molecule has 4 unspecified atom stereocenters. The molecule has 4 atom stereocenters. The van der Waals surface area contributed by atoms with Gasteiger partial charge >= 0.3 is 5.97 Å². The van der Waals surface area contributed by atoms with E-state index in [1.165, 1.54) is 23.5 Å². The van der Waals surface area contributed by atoms with Gasteiger partial charge < -0.3 is 37.6 Å². The maximum Gasteiger partial charge on any atom is 0.326 e. The molecule has 0 rings (SSSR count). The predicted octanol–water partition coefficient (Wildman–Crippen LogP) is -1.52. The van der Waals surface area contributed by atoms with Gasteiger partial charge in [0.05, 0.1) is 6.61 Å². The molecule has 0 aliphatic carbocycles. The Morgan fingerprint density at radius 3 is 1.75 bits per heavy atom. The van der Waals surface area contributed by atoms with E-state index in [9.17, 15) is 24.3 Å². The molecule has 0 aromatic carbocycles. The third kappa shape index (κ3) is 12.5. The van der Waals surface area contributed by atoms with Gasteiger partial charge in [-0.15, -0.1) is 0 Å². The van der Waals surface area contributed by atoms with E-state index < -0.39 is 54.5 Å². The molecule has 186 valence electrons. The highest BCUT2D eigenvalue weighted by atomic mass is 32.2. The molecule has 0 spiro atoms. The highest BCUT2D eigenvalue weighted by Gasteiger charge is 2.29. The summed E-state index contributed by atoms with van der Waals surface area (Å²) in [6.07, 6.45) is 5.69. The van der Waals surface area contributed by atoms with Crippen molar-refractivity contribution in [2.45, 2.75) is 56.3 Å². The van der Waals surface area contributed by atoms with E-state index in [1.54, 1.807) is 0 Å². The summed E-state index contributed by atoms with van der Waals surface area (Å²) in [5, 5.41) is 26.1. The van der Waals surface area contributed by atoms with Crippen molar-refractivity contribution in [3.63, 3.8) is 0 Å². The summed E-state index contributed by atoms with van der Waals surface area (Å²) in [6, 6.07) is -4.18. The number of nitrogens with two attached hydrogens (primary N) is 2. The number of aliphatic carboxylic acids is 1. The molecule has 0 aliphatic rings. The standard InChI is InChI=1S/C19H37N5O6S2/c1-31-9-6-14(18(28)24-15(19(29)30)7-10-32-2)23-17(27)13(5-3-4-8-20)22-16(26)12(21)11-25/h12-15,25H,3-11,20-21H2,1-2H3,(H,22,26)(H,23,27)(H,24,28)(H,29,30). The molecular weight excluding hydrogens is 458 g/mol. The Hall–Kier alpha value is -1.54. The summed E-state index contributed by atoms with van der Waals surface area (Å²) < 4.78 is 0. The molecule has 0 bridgehead atoms. The number of rotatable bonds is 18. The molecule has 0 heterocycles. The van der Waals surface area contributed by atoms with Crippen LogP contribution >= 0.6 is 23.5 Å². The van der Waals surface area contributed by atoms with Crippen molar-refractivity contribution in [1.29, 1.82) is 0 Å². The number of amides is 3. The SMILES string of the molecule is CSCCC(NC(=O)C(CCSC)NC(=O)C(CCCCN)NC(=O)C(N)CO)C(=O)O. The zero-order valence-electron chi connectivity index (χ0n) is 18.7. The Kier molecular flexibility index (Phi) is 17.1. The van der Waals surface area contributed by atoms with Gasteiger partial charge in [0, 0.05) is 0 Å². The van der Waals surface area contributed by atoms with Gasteiger partial charge in [0.15, 0.2) is 0 Å². The number of hydrogen-bond acceptors (Lipinski definition) is 9. The molecule has 9 N–H and O–H groups in total. The highest BCUT2D eigenvalue weighted by molar-refractivity contribution is 7.98. The maximum atomic E-state index is 12.9. The fraction of sp³-hybridized carbons (Fsp3) is 0.789. The molecule has 0 fully saturated rings. The third-order valence-corrected chi connectivity index (χ3v) is 5.87. The van der Waals surface area contributed by atoms with Crippen molar-refractivity contribution in [2.24, 2.45) is 11.5 Å². The van der Waals surface area contributed by atoms with Gasteiger partial charge in [-0.2, -0.15) is 23.5 Å². The number of nitrogens with one attached hydrogen (secondary N) is 3. The van der Waals surface area contributed by atoms with Gasteiger partial charge in [-0.1, -0.05) is 0 Å². The summed E-state index contributed by atoms with van der Waals surface area (Å²) >= 11 is 2.94. The van der Waals surface area contributed by atoms with Crippen LogP contribution in [0.15, 0.2) is 0 Å². The number of carbonyl (C=O) groups is 4. The summed E-state index contributed by atoms with van der Waals surface area (Å²) in [6.45, 7) is -0.155. The average Bonchev–Trinajstić information content (AvgIpc) is 2.77. The van der Waals surface area contributed by atoms with Crippen molar-refractivity contribution in [2.75, 3.05) is 37.2 Å². The molecule has 11 nitrogen and oxygen atoms in total. The number of carbonyl (C=O) groups excluding carboxylic acids is 3. The second-order valence-electron chi connectivity index (χ2n) is 7.16. The third-order valence-electron chi connectivity index (χ3n) is 4.58. The smallest absolute Gasteiger partial charge is 0.326 e. The van der Waals surface area contributed by atoms with E-state index in [1.807, 2.05) is 12.5 Å². The number of aliphatic hydroxyl groups excluding tert-OH is 1. The monoisotopic (exact) mass is 495 g/mol. The fourth-order valence-corrected chi connectivity index (χ4v) is 3.61. The van der Waals surface area contributed by atoms with Crippen LogP contribution in [0.3, 0.4) is 0 Å². The van der Waals surface area contributed by atoms with Crippen molar-refractivity contribution in [1.82, 2.24) is 16.0 Å². The summed E-state index contributed by atoms with van der Waals surface area (Å²) in [7, 11) is 0. The summed E-state index contributed by atoms with van der Waals surface area (Å²) in [5.41, 5.74) is 11.0. The first kappa shape index (κ1) is 30.5. The molecule has 13 heteroatoms. The van der Waals surface area contributed by atoms with Crippen LogP contribution in [0, 0.1) is 0 Å². The molecule has 0 aromatic heterocycles. The zero-order valence-corrected chi connectivity index (χ0v) is 20.3. The van der Waals surface area contributed by atoms with E-state index in [2.05, 4.69) is 16.0 Å². The van der Waals surface area contributed by atoms with Crippen LogP contribution in [-0.4, -0.2) is 95.2 Å². The lowest BCUT2D eigenvalue weighted by atomic mass is 10.1. The number of unbranched alkanes of at least 4 members (excludes halogenated alkanes) is 1. The van der Waals surface area contributed by atoms with Crippen LogP contribution in [0.25, 0.3) is 0 Å². The number of aliphatic hydroxyl groups is 1. The van der Waals surface area contributed by atoms with E-state index in [-0.39, 0.29) is 19.3 Å². The largest absolute Gasteiger partial charge is 0.480 e. The van der Waals surface area contributed by atoms with Crippen molar-refractivity contribution < 1.29 is 29.4 Å². The maximum absolute atomic E-state index is 12.9. The van der Waals surface area contributed by atoms with E-state index in [4.69, 9.17) is 16.6 Å². The van der Waals surface area contributed by atoms with Crippen molar-refractivity contribution >= 4 is 47.2 Å². The molecule has 0 saturated heterocycles. The topological polar surface area (TPSA) is 197 Å². The van der Waals surface area contributed by atoms with Crippen LogP contribution in [-0.2, 0) is 19.2 Å². The molecule has 3 amide bonds. The summed E-state index contributed by atoms with van der Waals surface area (Å²) in [5.74, 6) is -1.90. The average molecular weight is 496 g/mol. The fourth-order valence-electron chi connectivity index (χ4n) is 2.67. The number of carboxylic acids is 1. The molecule has 0 saturated carbocycles. The van der Waals surface area contributed by atoms with Crippen LogP contribution in [0.5, 0.6) is 0 Å². The number of thioether (sulfide) groups is 2.